The van der Waals surface area contributed by atoms with Crippen LogP contribution in [0.2, 0.25) is 5.02 Å². The Balaban J connectivity index is 1.55. The Morgan fingerprint density at radius 1 is 1.28 bits per heavy atom. The molecule has 146 valence electrons. The van der Waals surface area contributed by atoms with E-state index >= 15 is 0 Å². The molecule has 2 aromatic carbocycles. The maximum atomic E-state index is 12.5. The van der Waals surface area contributed by atoms with E-state index in [-0.39, 0.29) is 18.0 Å². The summed E-state index contributed by atoms with van der Waals surface area (Å²) in [4.78, 5) is 28.4. The summed E-state index contributed by atoms with van der Waals surface area (Å²) in [6.07, 6.45) is 2.01. The Kier molecular flexibility index (Phi) is 5.04. The van der Waals surface area contributed by atoms with Crippen molar-refractivity contribution in [1.82, 2.24) is 9.38 Å². The first kappa shape index (κ1) is 19.1. The lowest BCUT2D eigenvalue weighted by Gasteiger charge is -2.08. The van der Waals surface area contributed by atoms with Gasteiger partial charge in [-0.1, -0.05) is 29.8 Å². The number of aryl methyl sites for hydroxylation is 1. The average molecular weight is 427 g/mol. The molecule has 0 spiro atoms. The summed E-state index contributed by atoms with van der Waals surface area (Å²) in [5, 5.41) is 16.3. The molecular weight excluding hydrogens is 412 g/mol. The summed E-state index contributed by atoms with van der Waals surface area (Å²) in [7, 11) is 0. The molecule has 0 saturated heterocycles. The van der Waals surface area contributed by atoms with E-state index in [1.807, 2.05) is 28.1 Å². The number of hydrogen-bond donors (Lipinski definition) is 1. The molecule has 0 bridgehead atoms. The van der Waals surface area contributed by atoms with Crippen molar-refractivity contribution in [3.63, 3.8) is 0 Å². The van der Waals surface area contributed by atoms with E-state index in [0.29, 0.717) is 10.7 Å². The number of amides is 1. The molecule has 2 heterocycles. The molecule has 9 heteroatoms. The van der Waals surface area contributed by atoms with Crippen LogP contribution in [0.3, 0.4) is 0 Å². The molecule has 4 rings (SSSR count). The first-order chi connectivity index (χ1) is 13.9. The fourth-order valence-electron chi connectivity index (χ4n) is 2.93. The predicted molar refractivity (Wildman–Crippen MR) is 114 cm³/mol. The number of hydrogen-bond acceptors (Lipinski definition) is 5. The van der Waals surface area contributed by atoms with Gasteiger partial charge in [0.1, 0.15) is 0 Å². The first-order valence-electron chi connectivity index (χ1n) is 8.67. The molecule has 29 heavy (non-hydrogen) atoms. The monoisotopic (exact) mass is 426 g/mol. The number of anilines is 1. The van der Waals surface area contributed by atoms with Crippen molar-refractivity contribution in [3.8, 4) is 11.3 Å². The van der Waals surface area contributed by atoms with Gasteiger partial charge < -0.3 is 5.32 Å². The summed E-state index contributed by atoms with van der Waals surface area (Å²) in [5.74, 6) is -0.255. The van der Waals surface area contributed by atoms with Crippen LogP contribution < -0.4 is 5.32 Å². The summed E-state index contributed by atoms with van der Waals surface area (Å²) in [6.45, 7) is 1.79. The number of nitro benzene ring substituents is 1. The highest BCUT2D eigenvalue weighted by Crippen LogP contribution is 2.26. The van der Waals surface area contributed by atoms with E-state index in [0.717, 1.165) is 27.5 Å². The molecule has 1 amide bonds. The number of thiazole rings is 1. The Hall–Kier alpha value is -3.23. The lowest BCUT2D eigenvalue weighted by atomic mass is 10.1. The molecule has 0 saturated carbocycles. The van der Waals surface area contributed by atoms with Gasteiger partial charge in [0.15, 0.2) is 4.96 Å². The van der Waals surface area contributed by atoms with E-state index in [2.05, 4.69) is 10.3 Å². The molecule has 0 unspecified atom stereocenters. The maximum absolute atomic E-state index is 12.5. The summed E-state index contributed by atoms with van der Waals surface area (Å²) in [6, 6.07) is 11.8. The average Bonchev–Trinajstić information content (AvgIpc) is 3.26. The molecule has 7 nitrogen and oxygen atoms in total. The number of carbonyl (C=O) groups is 1. The van der Waals surface area contributed by atoms with Crippen LogP contribution in [0.25, 0.3) is 16.2 Å². The van der Waals surface area contributed by atoms with Gasteiger partial charge in [-0.05, 0) is 24.6 Å². The molecule has 4 aromatic rings. The van der Waals surface area contributed by atoms with Crippen molar-refractivity contribution in [3.05, 3.63) is 80.4 Å². The van der Waals surface area contributed by atoms with Crippen molar-refractivity contribution in [1.29, 1.82) is 0 Å². The van der Waals surface area contributed by atoms with E-state index in [1.165, 1.54) is 23.5 Å². The van der Waals surface area contributed by atoms with Crippen molar-refractivity contribution in [2.75, 3.05) is 5.32 Å². The molecule has 0 radical (unpaired) electrons. The highest BCUT2D eigenvalue weighted by Gasteiger charge is 2.15. The highest BCUT2D eigenvalue weighted by atomic mass is 35.5. The van der Waals surface area contributed by atoms with Crippen LogP contribution in [-0.4, -0.2) is 20.2 Å². The van der Waals surface area contributed by atoms with Crippen LogP contribution >= 0.6 is 22.9 Å². The Morgan fingerprint density at radius 2 is 2.03 bits per heavy atom. The second-order valence-corrected chi connectivity index (χ2v) is 7.77. The molecular formula is C20H15ClN4O3S. The van der Waals surface area contributed by atoms with Crippen LogP contribution in [0.1, 0.15) is 11.3 Å². The third kappa shape index (κ3) is 3.98. The normalized spacial score (nSPS) is 11.0. The van der Waals surface area contributed by atoms with Crippen molar-refractivity contribution < 1.29 is 9.72 Å². The molecule has 1 N–H and O–H groups in total. The Morgan fingerprint density at radius 3 is 2.76 bits per heavy atom. The second kappa shape index (κ2) is 7.65. The van der Waals surface area contributed by atoms with Gasteiger partial charge in [-0.25, -0.2) is 4.98 Å². The smallest absolute Gasteiger partial charge is 0.271 e. The molecule has 0 aliphatic carbocycles. The van der Waals surface area contributed by atoms with Gasteiger partial charge in [0.05, 0.1) is 22.7 Å². The number of fused-ring (bicyclic) bond motifs is 1. The van der Waals surface area contributed by atoms with Crippen LogP contribution in [0, 0.1) is 17.0 Å². The second-order valence-electron chi connectivity index (χ2n) is 6.49. The number of non-ortho nitro benzene ring substituents is 1. The largest absolute Gasteiger partial charge is 0.325 e. The minimum Gasteiger partial charge on any atom is -0.325 e. The van der Waals surface area contributed by atoms with Crippen molar-refractivity contribution in [2.24, 2.45) is 0 Å². The summed E-state index contributed by atoms with van der Waals surface area (Å²) in [5.41, 5.74) is 3.65. The van der Waals surface area contributed by atoms with Gasteiger partial charge in [-0.3, -0.25) is 19.3 Å². The topological polar surface area (TPSA) is 89.5 Å². The minimum atomic E-state index is -0.485. The predicted octanol–water partition coefficient (Wildman–Crippen LogP) is 5.11. The van der Waals surface area contributed by atoms with Gasteiger partial charge in [-0.15, -0.1) is 11.3 Å². The SMILES string of the molecule is Cc1ccc([N+](=O)[O-])cc1NC(=O)Cc1csc2nc(-c3ccc(Cl)cc3)cn12. The lowest BCUT2D eigenvalue weighted by Crippen LogP contribution is -2.16. The maximum Gasteiger partial charge on any atom is 0.271 e. The summed E-state index contributed by atoms with van der Waals surface area (Å²) < 4.78 is 1.88. The Labute approximate surface area is 174 Å². The fraction of sp³-hybridized carbons (Fsp3) is 0.100. The Bertz CT molecular complexity index is 1230. The first-order valence-corrected chi connectivity index (χ1v) is 9.93. The zero-order chi connectivity index (χ0) is 20.5. The van der Waals surface area contributed by atoms with Gasteiger partial charge in [0.25, 0.3) is 5.69 Å². The third-order valence-electron chi connectivity index (χ3n) is 4.47. The van der Waals surface area contributed by atoms with Gasteiger partial charge >= 0.3 is 0 Å². The number of nitro groups is 1. The lowest BCUT2D eigenvalue weighted by molar-refractivity contribution is -0.384. The van der Waals surface area contributed by atoms with Crippen molar-refractivity contribution >= 4 is 45.2 Å². The van der Waals surface area contributed by atoms with Gasteiger partial charge in [0, 0.05) is 40.0 Å². The van der Waals surface area contributed by atoms with Crippen LogP contribution in [0.5, 0.6) is 0 Å². The molecule has 2 aromatic heterocycles. The van der Waals surface area contributed by atoms with Crippen LogP contribution in [-0.2, 0) is 11.2 Å². The number of nitrogens with one attached hydrogen (secondary N) is 1. The number of rotatable bonds is 5. The number of nitrogens with zero attached hydrogens (tertiary/aromatic N) is 3. The van der Waals surface area contributed by atoms with Crippen LogP contribution in [0.4, 0.5) is 11.4 Å². The number of benzene rings is 2. The molecule has 0 aliphatic rings. The highest BCUT2D eigenvalue weighted by molar-refractivity contribution is 7.15. The number of halogens is 1. The molecule has 0 atom stereocenters. The fourth-order valence-corrected chi connectivity index (χ4v) is 3.93. The number of carbonyl (C=O) groups excluding carboxylic acids is 1. The van der Waals surface area contributed by atoms with Crippen LogP contribution in [0.15, 0.2) is 54.0 Å². The molecule has 0 fully saturated rings. The zero-order valence-electron chi connectivity index (χ0n) is 15.3. The van der Waals surface area contributed by atoms with Crippen molar-refractivity contribution in [2.45, 2.75) is 13.3 Å². The number of aromatic nitrogens is 2. The van der Waals surface area contributed by atoms with Gasteiger partial charge in [-0.2, -0.15) is 0 Å². The van der Waals surface area contributed by atoms with E-state index < -0.39 is 4.92 Å². The van der Waals surface area contributed by atoms with Gasteiger partial charge in [0.2, 0.25) is 5.91 Å². The zero-order valence-corrected chi connectivity index (χ0v) is 16.8. The van der Waals surface area contributed by atoms with E-state index in [1.54, 1.807) is 25.1 Å². The van der Waals surface area contributed by atoms with E-state index in [4.69, 9.17) is 11.6 Å². The third-order valence-corrected chi connectivity index (χ3v) is 5.61. The standard InChI is InChI=1S/C20H15ClN4O3S/c1-12-2-7-15(25(27)28)8-17(12)22-19(26)9-16-11-29-20-23-18(10-24(16)20)13-3-5-14(21)6-4-13/h2-8,10-11H,9H2,1H3,(H,22,26). The quantitative estimate of drug-likeness (QED) is 0.354. The van der Waals surface area contributed by atoms with E-state index in [9.17, 15) is 14.9 Å². The number of imidazole rings is 1. The summed E-state index contributed by atoms with van der Waals surface area (Å²) >= 11 is 7.39. The minimum absolute atomic E-state index is 0.0639. The molecule has 0 aliphatic heterocycles.